The number of aromatic nitrogens is 3. The van der Waals surface area contributed by atoms with E-state index in [1.165, 1.54) is 0 Å². The zero-order chi connectivity index (χ0) is 10.7. The average molecular weight is 204 g/mol. The van der Waals surface area contributed by atoms with Crippen molar-refractivity contribution in [2.45, 2.75) is 20.4 Å². The summed E-state index contributed by atoms with van der Waals surface area (Å²) in [6.45, 7) is 4.42. The Balaban J connectivity index is 2.07. The molecule has 2 heterocycles. The van der Waals surface area contributed by atoms with Gasteiger partial charge in [0.2, 0.25) is 0 Å². The highest BCUT2D eigenvalue weighted by molar-refractivity contribution is 5.39. The van der Waals surface area contributed by atoms with Crippen molar-refractivity contribution in [2.24, 2.45) is 0 Å². The van der Waals surface area contributed by atoms with Crippen molar-refractivity contribution in [3.05, 3.63) is 35.6 Å². The Bertz CT molecular complexity index is 439. The molecule has 0 saturated heterocycles. The van der Waals surface area contributed by atoms with Crippen LogP contribution in [0.4, 0.5) is 5.82 Å². The maximum absolute atomic E-state index is 4.73. The third-order valence-corrected chi connectivity index (χ3v) is 2.00. The van der Waals surface area contributed by atoms with E-state index in [2.05, 4.69) is 20.4 Å². The molecular formula is C10H12N4O. The average Bonchev–Trinajstić information content (AvgIpc) is 2.72. The molecule has 5 heteroatoms. The highest BCUT2D eigenvalue weighted by Crippen LogP contribution is 2.09. The van der Waals surface area contributed by atoms with E-state index < -0.39 is 0 Å². The summed E-state index contributed by atoms with van der Waals surface area (Å²) in [4.78, 5) is 8.55. The molecular weight excluding hydrogens is 192 g/mol. The minimum Gasteiger partial charge on any atom is -0.364 e. The summed E-state index contributed by atoms with van der Waals surface area (Å²) in [7, 11) is 0. The van der Waals surface area contributed by atoms with Crippen molar-refractivity contribution in [1.29, 1.82) is 0 Å². The lowest BCUT2D eigenvalue weighted by Gasteiger charge is -2.06. The van der Waals surface area contributed by atoms with E-state index >= 15 is 0 Å². The Morgan fingerprint density at radius 1 is 1.40 bits per heavy atom. The third kappa shape index (κ3) is 2.31. The van der Waals surface area contributed by atoms with E-state index in [1.54, 1.807) is 12.5 Å². The lowest BCUT2D eigenvalue weighted by molar-refractivity contribution is 0.412. The first kappa shape index (κ1) is 9.64. The molecule has 0 aromatic carbocycles. The Morgan fingerprint density at radius 2 is 2.27 bits per heavy atom. The molecule has 2 aromatic heterocycles. The third-order valence-electron chi connectivity index (χ3n) is 2.00. The first-order valence-electron chi connectivity index (χ1n) is 4.69. The van der Waals surface area contributed by atoms with Crippen molar-refractivity contribution in [3.63, 3.8) is 0 Å². The van der Waals surface area contributed by atoms with E-state index in [0.29, 0.717) is 6.54 Å². The molecule has 0 atom stereocenters. The van der Waals surface area contributed by atoms with E-state index in [-0.39, 0.29) is 0 Å². The molecule has 0 aliphatic carbocycles. The number of anilines is 1. The minimum atomic E-state index is 0.593. The zero-order valence-electron chi connectivity index (χ0n) is 8.69. The quantitative estimate of drug-likeness (QED) is 0.824. The molecule has 15 heavy (non-hydrogen) atoms. The molecule has 0 aliphatic heterocycles. The van der Waals surface area contributed by atoms with Gasteiger partial charge in [-0.15, -0.1) is 0 Å². The topological polar surface area (TPSA) is 63.8 Å². The second kappa shape index (κ2) is 4.08. The second-order valence-corrected chi connectivity index (χ2v) is 3.29. The van der Waals surface area contributed by atoms with Crippen molar-refractivity contribution < 1.29 is 4.52 Å². The van der Waals surface area contributed by atoms with Crippen LogP contribution in [0, 0.1) is 13.8 Å². The van der Waals surface area contributed by atoms with E-state index in [1.807, 2.05) is 19.9 Å². The van der Waals surface area contributed by atoms with Crippen LogP contribution in [0.1, 0.15) is 17.1 Å². The maximum atomic E-state index is 4.73. The van der Waals surface area contributed by atoms with Crippen LogP contribution in [0.15, 0.2) is 23.0 Å². The molecule has 78 valence electrons. The van der Waals surface area contributed by atoms with Gasteiger partial charge in [0.25, 0.3) is 0 Å². The molecule has 0 spiro atoms. The summed E-state index contributed by atoms with van der Waals surface area (Å²) in [6.07, 6.45) is 3.29. The lowest BCUT2D eigenvalue weighted by Crippen LogP contribution is -2.05. The van der Waals surface area contributed by atoms with Gasteiger partial charge < -0.3 is 9.84 Å². The summed E-state index contributed by atoms with van der Waals surface area (Å²) in [6, 6.07) is 1.81. The van der Waals surface area contributed by atoms with Gasteiger partial charge in [0.05, 0.1) is 17.9 Å². The van der Waals surface area contributed by atoms with Crippen molar-refractivity contribution in [1.82, 2.24) is 15.1 Å². The summed E-state index contributed by atoms with van der Waals surface area (Å²) >= 11 is 0. The van der Waals surface area contributed by atoms with Gasteiger partial charge in [0, 0.05) is 12.3 Å². The molecule has 1 N–H and O–H groups in total. The van der Waals surface area contributed by atoms with Gasteiger partial charge in [-0.25, -0.2) is 4.98 Å². The Morgan fingerprint density at radius 3 is 3.00 bits per heavy atom. The van der Waals surface area contributed by atoms with Crippen molar-refractivity contribution >= 4 is 5.82 Å². The number of nitrogens with one attached hydrogen (secondary N) is 1. The highest BCUT2D eigenvalue weighted by atomic mass is 16.5. The first-order chi connectivity index (χ1) is 7.25. The largest absolute Gasteiger partial charge is 0.364 e. The molecule has 0 radical (unpaired) electrons. The van der Waals surface area contributed by atoms with Crippen LogP contribution in [-0.2, 0) is 6.54 Å². The van der Waals surface area contributed by atoms with Crippen LogP contribution in [-0.4, -0.2) is 15.1 Å². The van der Waals surface area contributed by atoms with Gasteiger partial charge in [-0.2, -0.15) is 0 Å². The van der Waals surface area contributed by atoms with E-state index in [4.69, 9.17) is 4.52 Å². The van der Waals surface area contributed by atoms with Gasteiger partial charge in [-0.05, 0) is 13.8 Å². The molecule has 2 rings (SSSR count). The van der Waals surface area contributed by atoms with Gasteiger partial charge in [-0.3, -0.25) is 4.98 Å². The van der Waals surface area contributed by atoms with Crippen LogP contribution in [0.25, 0.3) is 0 Å². The summed E-state index contributed by atoms with van der Waals surface area (Å²) in [5.74, 6) is 0.790. The normalized spacial score (nSPS) is 10.3. The molecule has 0 unspecified atom stereocenters. The fourth-order valence-corrected chi connectivity index (χ4v) is 1.21. The van der Waals surface area contributed by atoms with Gasteiger partial charge in [0.15, 0.2) is 0 Å². The minimum absolute atomic E-state index is 0.593. The van der Waals surface area contributed by atoms with Crippen molar-refractivity contribution in [2.75, 3.05) is 5.32 Å². The Kier molecular flexibility index (Phi) is 2.62. The van der Waals surface area contributed by atoms with Crippen LogP contribution in [0.5, 0.6) is 0 Å². The summed E-state index contributed by atoms with van der Waals surface area (Å²) < 4.78 is 4.73. The molecule has 5 nitrogen and oxygen atoms in total. The SMILES string of the molecule is Cc1cnc(C)c(NCc2ccon2)n1. The second-order valence-electron chi connectivity index (χ2n) is 3.29. The lowest BCUT2D eigenvalue weighted by atomic mass is 10.4. The number of hydrogen-bond acceptors (Lipinski definition) is 5. The number of nitrogens with zero attached hydrogens (tertiary/aromatic N) is 3. The van der Waals surface area contributed by atoms with Crippen LogP contribution in [0.2, 0.25) is 0 Å². The summed E-state index contributed by atoms with van der Waals surface area (Å²) in [5, 5.41) is 6.96. The smallest absolute Gasteiger partial charge is 0.148 e. The molecule has 0 bridgehead atoms. The van der Waals surface area contributed by atoms with Crippen LogP contribution in [0.3, 0.4) is 0 Å². The Labute approximate surface area is 87.5 Å². The number of rotatable bonds is 3. The predicted molar refractivity (Wildman–Crippen MR) is 55.3 cm³/mol. The van der Waals surface area contributed by atoms with Crippen LogP contribution >= 0.6 is 0 Å². The predicted octanol–water partition coefficient (Wildman–Crippen LogP) is 1.69. The monoisotopic (exact) mass is 204 g/mol. The Hall–Kier alpha value is -1.91. The van der Waals surface area contributed by atoms with Crippen molar-refractivity contribution in [3.8, 4) is 0 Å². The molecule has 0 fully saturated rings. The van der Waals surface area contributed by atoms with Crippen LogP contribution < -0.4 is 5.32 Å². The fourth-order valence-electron chi connectivity index (χ4n) is 1.21. The standard InChI is InChI=1S/C10H12N4O/c1-7-5-11-8(2)10(13-7)12-6-9-3-4-15-14-9/h3-5H,6H2,1-2H3,(H,12,13). The van der Waals surface area contributed by atoms with Gasteiger partial charge in [-0.1, -0.05) is 5.16 Å². The molecule has 0 aliphatic rings. The number of aryl methyl sites for hydroxylation is 2. The fraction of sp³-hybridized carbons (Fsp3) is 0.300. The molecule has 0 amide bonds. The summed E-state index contributed by atoms with van der Waals surface area (Å²) in [5.41, 5.74) is 2.62. The van der Waals surface area contributed by atoms with E-state index in [0.717, 1.165) is 22.9 Å². The number of hydrogen-bond donors (Lipinski definition) is 1. The van der Waals surface area contributed by atoms with Gasteiger partial charge >= 0.3 is 0 Å². The van der Waals surface area contributed by atoms with E-state index in [9.17, 15) is 0 Å². The maximum Gasteiger partial charge on any atom is 0.148 e. The zero-order valence-corrected chi connectivity index (χ0v) is 8.69. The molecule has 2 aromatic rings. The molecule has 0 saturated carbocycles. The first-order valence-corrected chi connectivity index (χ1v) is 4.69. The van der Waals surface area contributed by atoms with Gasteiger partial charge in [0.1, 0.15) is 17.8 Å². The highest BCUT2D eigenvalue weighted by Gasteiger charge is 2.02.